The number of nitrogen functional groups attached to an aromatic ring is 1. The van der Waals surface area contributed by atoms with Crippen molar-refractivity contribution in [3.63, 3.8) is 0 Å². The highest BCUT2D eigenvalue weighted by Gasteiger charge is 2.35. The Kier molecular flexibility index (Phi) is 11.1. The average molecular weight is 827 g/mol. The molecule has 4 aliphatic rings. The molecule has 3 atom stereocenters. The largest absolute Gasteiger partial charge is 0.507 e. The first-order valence-corrected chi connectivity index (χ1v) is 21.5. The maximum atomic E-state index is 13.7. The monoisotopic (exact) mass is 826 g/mol. The van der Waals surface area contributed by atoms with Gasteiger partial charge in [0.1, 0.15) is 17.5 Å². The number of amides is 4. The lowest BCUT2D eigenvalue weighted by molar-refractivity contribution is -0.120. The Morgan fingerprint density at radius 3 is 2.44 bits per heavy atom. The van der Waals surface area contributed by atoms with Crippen molar-refractivity contribution < 1.29 is 24.2 Å². The number of morpholine rings is 1. The molecule has 61 heavy (non-hydrogen) atoms. The molecule has 4 N–H and O–H groups in total. The van der Waals surface area contributed by atoms with Crippen LogP contribution in [0.15, 0.2) is 73.1 Å². The number of carbonyl (C=O) groups is 3. The number of imide groups is 1. The van der Waals surface area contributed by atoms with E-state index in [2.05, 4.69) is 56.8 Å². The van der Waals surface area contributed by atoms with Crippen molar-refractivity contribution in [2.24, 2.45) is 5.92 Å². The smallest absolute Gasteiger partial charge is 0.328 e. The molecule has 3 aromatic heterocycles. The van der Waals surface area contributed by atoms with Crippen molar-refractivity contribution in [3.8, 4) is 17.0 Å². The van der Waals surface area contributed by atoms with Gasteiger partial charge in [-0.25, -0.2) is 9.78 Å². The highest BCUT2D eigenvalue weighted by atomic mass is 16.5. The van der Waals surface area contributed by atoms with Crippen LogP contribution in [-0.4, -0.2) is 110 Å². The standard InChI is InChI=1S/C46H54N10O5/c1-28-25-56(44-37(28)22-35(24-48-44)54-21-16-42(58)49-46(54)60)34-14-17-52(18-15-34)26-31-12-19-53(20-13-31)45(59)33-10-8-32(9-11-33)41-27-55(29(2)30(3)61-41)39-23-38(50-51-43(39)47)36-6-4-5-7-40(36)57/h4-11,22-25,29-31,34,41,57H,12-21,26-27H2,1-3H3,(H2,47,51)(H,49,58,60)/t29-,30+,41+/m1/s1. The number of piperidine rings is 2. The van der Waals surface area contributed by atoms with E-state index >= 15 is 0 Å². The topological polar surface area (TPSA) is 175 Å². The lowest BCUT2D eigenvalue weighted by atomic mass is 9.94. The van der Waals surface area contributed by atoms with E-state index in [1.165, 1.54) is 0 Å². The Morgan fingerprint density at radius 2 is 1.70 bits per heavy atom. The maximum absolute atomic E-state index is 13.7. The van der Waals surface area contributed by atoms with Gasteiger partial charge in [-0.3, -0.25) is 19.8 Å². The molecule has 0 aliphatic carbocycles. The first-order chi connectivity index (χ1) is 29.5. The molecule has 0 bridgehead atoms. The van der Waals surface area contributed by atoms with Crippen molar-refractivity contribution in [1.82, 2.24) is 34.9 Å². The molecule has 2 aromatic carbocycles. The van der Waals surface area contributed by atoms with Gasteiger partial charge in [0.2, 0.25) is 5.91 Å². The van der Waals surface area contributed by atoms with Crippen LogP contribution in [0.1, 0.15) is 79.6 Å². The van der Waals surface area contributed by atoms with Crippen LogP contribution in [0.25, 0.3) is 22.3 Å². The minimum atomic E-state index is -0.400. The molecule has 4 fully saturated rings. The molecule has 5 aromatic rings. The Bertz CT molecular complexity index is 2440. The van der Waals surface area contributed by atoms with Gasteiger partial charge in [-0.05, 0) is 99.9 Å². The van der Waals surface area contributed by atoms with Crippen LogP contribution in [-0.2, 0) is 9.53 Å². The number of aromatic nitrogens is 4. The fourth-order valence-corrected chi connectivity index (χ4v) is 9.56. The quantitative estimate of drug-likeness (QED) is 0.165. The number of fused-ring (bicyclic) bond motifs is 1. The number of anilines is 3. The van der Waals surface area contributed by atoms with Gasteiger partial charge < -0.3 is 34.8 Å². The van der Waals surface area contributed by atoms with Crippen LogP contribution in [0, 0.1) is 12.8 Å². The number of carbonyl (C=O) groups excluding carboxylic acids is 3. The Hall–Kier alpha value is -6.06. The maximum Gasteiger partial charge on any atom is 0.328 e. The number of urea groups is 1. The summed E-state index contributed by atoms with van der Waals surface area (Å²) in [6.45, 7) is 11.7. The van der Waals surface area contributed by atoms with E-state index in [-0.39, 0.29) is 42.2 Å². The normalized spacial score (nSPS) is 22.2. The number of para-hydroxylation sites is 1. The number of nitrogens with two attached hydrogens (primary N) is 1. The average Bonchev–Trinajstić information content (AvgIpc) is 3.60. The van der Waals surface area contributed by atoms with Crippen LogP contribution in [0.3, 0.4) is 0 Å². The van der Waals surface area contributed by atoms with Crippen molar-refractivity contribution in [3.05, 3.63) is 89.7 Å². The second-order valence-corrected chi connectivity index (χ2v) is 17.2. The molecule has 7 heterocycles. The van der Waals surface area contributed by atoms with E-state index in [0.29, 0.717) is 53.4 Å². The van der Waals surface area contributed by atoms with E-state index in [9.17, 15) is 19.5 Å². The Balaban J connectivity index is 0.770. The fourth-order valence-electron chi connectivity index (χ4n) is 9.56. The number of aryl methyl sites for hydroxylation is 1. The lowest BCUT2D eigenvalue weighted by Crippen LogP contribution is -2.50. The highest BCUT2D eigenvalue weighted by Crippen LogP contribution is 2.38. The summed E-state index contributed by atoms with van der Waals surface area (Å²) < 4.78 is 8.80. The van der Waals surface area contributed by atoms with E-state index in [0.717, 1.165) is 86.3 Å². The molecular formula is C46H54N10O5. The Morgan fingerprint density at radius 1 is 0.951 bits per heavy atom. The number of hydrogen-bond donors (Lipinski definition) is 3. The summed E-state index contributed by atoms with van der Waals surface area (Å²) in [4.78, 5) is 51.0. The fraction of sp³-hybridized carbons (Fsp3) is 0.435. The van der Waals surface area contributed by atoms with Gasteiger partial charge in [0.25, 0.3) is 5.91 Å². The predicted molar refractivity (Wildman–Crippen MR) is 233 cm³/mol. The molecule has 0 spiro atoms. The summed E-state index contributed by atoms with van der Waals surface area (Å²) in [5, 5.41) is 22.4. The van der Waals surface area contributed by atoms with E-state index in [1.807, 2.05) is 47.4 Å². The van der Waals surface area contributed by atoms with Crippen molar-refractivity contribution in [2.45, 2.75) is 77.2 Å². The zero-order chi connectivity index (χ0) is 42.4. The van der Waals surface area contributed by atoms with Gasteiger partial charge in [0.05, 0.1) is 35.4 Å². The third-order valence-electron chi connectivity index (χ3n) is 13.3. The summed E-state index contributed by atoms with van der Waals surface area (Å²) in [5.41, 5.74) is 12.7. The third-order valence-corrected chi connectivity index (χ3v) is 13.3. The molecule has 9 rings (SSSR count). The number of aromatic hydroxyl groups is 1. The molecule has 0 radical (unpaired) electrons. The van der Waals surface area contributed by atoms with Crippen molar-refractivity contribution in [1.29, 1.82) is 0 Å². The summed E-state index contributed by atoms with van der Waals surface area (Å²) >= 11 is 0. The summed E-state index contributed by atoms with van der Waals surface area (Å²) in [6, 6.07) is 18.7. The Labute approximate surface area is 355 Å². The zero-order valence-electron chi connectivity index (χ0n) is 35.0. The molecule has 15 heteroatoms. The second kappa shape index (κ2) is 16.8. The highest BCUT2D eigenvalue weighted by molar-refractivity contribution is 6.06. The van der Waals surface area contributed by atoms with E-state index in [4.69, 9.17) is 15.5 Å². The number of nitrogens with zero attached hydrogens (tertiary/aromatic N) is 8. The molecule has 4 aliphatic heterocycles. The number of phenols is 1. The van der Waals surface area contributed by atoms with E-state index < -0.39 is 6.03 Å². The van der Waals surface area contributed by atoms with Gasteiger partial charge >= 0.3 is 6.03 Å². The zero-order valence-corrected chi connectivity index (χ0v) is 35.0. The molecule has 4 amide bonds. The van der Waals surface area contributed by atoms with Crippen LogP contribution in [0.5, 0.6) is 5.75 Å². The van der Waals surface area contributed by atoms with Gasteiger partial charge in [-0.1, -0.05) is 24.3 Å². The van der Waals surface area contributed by atoms with Crippen molar-refractivity contribution in [2.75, 3.05) is 61.3 Å². The van der Waals surface area contributed by atoms with Crippen molar-refractivity contribution >= 4 is 46.1 Å². The number of ether oxygens (including phenoxy) is 1. The molecule has 318 valence electrons. The SMILES string of the molecule is Cc1cn(C2CCN(CC3CCN(C(=O)c4ccc([C@@H]5CN(c6cc(-c7ccccc7O)nnc6N)[C@H](C)[C@H](C)O5)cc4)CC3)CC2)c2ncc(N3CCC(=O)NC3=O)cc12. The number of pyridine rings is 1. The van der Waals surface area contributed by atoms with Crippen LogP contribution >= 0.6 is 0 Å². The molecule has 15 nitrogen and oxygen atoms in total. The summed E-state index contributed by atoms with van der Waals surface area (Å²) in [6.07, 6.45) is 7.89. The van der Waals surface area contributed by atoms with Gasteiger partial charge in [0, 0.05) is 81.0 Å². The number of rotatable bonds is 8. The minimum Gasteiger partial charge on any atom is -0.507 e. The van der Waals surface area contributed by atoms with Gasteiger partial charge in [-0.2, -0.15) is 0 Å². The molecule has 4 saturated heterocycles. The predicted octanol–water partition coefficient (Wildman–Crippen LogP) is 6.08. The number of nitrogens with one attached hydrogen (secondary N) is 1. The van der Waals surface area contributed by atoms with Crippen LogP contribution < -0.4 is 20.9 Å². The van der Waals surface area contributed by atoms with E-state index in [1.54, 1.807) is 29.3 Å². The number of benzene rings is 2. The van der Waals surface area contributed by atoms with Gasteiger partial charge in [0.15, 0.2) is 5.82 Å². The molecule has 0 unspecified atom stereocenters. The lowest BCUT2D eigenvalue weighted by Gasteiger charge is -2.43. The first-order valence-electron chi connectivity index (χ1n) is 21.5. The second-order valence-electron chi connectivity index (χ2n) is 17.2. The number of likely N-dealkylation sites (tertiary alicyclic amines) is 2. The number of phenolic OH excluding ortho intramolecular Hbond substituents is 1. The minimum absolute atomic E-state index is 0.00654. The number of hydrogen-bond acceptors (Lipinski definition) is 11. The third kappa shape index (κ3) is 8.11. The first kappa shape index (κ1) is 40.4. The molecule has 0 saturated carbocycles. The van der Waals surface area contributed by atoms with Crippen LogP contribution in [0.2, 0.25) is 0 Å². The summed E-state index contributed by atoms with van der Waals surface area (Å²) in [7, 11) is 0. The summed E-state index contributed by atoms with van der Waals surface area (Å²) in [5.74, 6) is 0.808. The van der Waals surface area contributed by atoms with Crippen LogP contribution in [0.4, 0.5) is 22.0 Å². The molecular weight excluding hydrogens is 773 g/mol. The van der Waals surface area contributed by atoms with Gasteiger partial charge in [-0.15, -0.1) is 10.2 Å².